The van der Waals surface area contributed by atoms with Crippen molar-refractivity contribution in [3.8, 4) is 0 Å². The van der Waals surface area contributed by atoms with Gasteiger partial charge in [-0.15, -0.1) is 0 Å². The van der Waals surface area contributed by atoms with E-state index in [-0.39, 0.29) is 12.2 Å². The lowest BCUT2D eigenvalue weighted by Gasteiger charge is -2.08. The van der Waals surface area contributed by atoms with Crippen LogP contribution in [0.4, 0.5) is 18.9 Å². The molecule has 6 heteroatoms. The van der Waals surface area contributed by atoms with Gasteiger partial charge in [-0.1, -0.05) is 0 Å². The molecule has 2 aromatic rings. The highest BCUT2D eigenvalue weighted by atomic mass is 19.1. The average molecular weight is 241 g/mol. The highest BCUT2D eigenvalue weighted by molar-refractivity contribution is 5.46. The molecule has 0 bridgehead atoms. The molecule has 0 fully saturated rings. The van der Waals surface area contributed by atoms with E-state index in [1.54, 1.807) is 6.92 Å². The Morgan fingerprint density at radius 2 is 1.88 bits per heavy atom. The number of imidazole rings is 1. The number of nitrogens with one attached hydrogen (secondary N) is 2. The molecule has 90 valence electrons. The largest absolute Gasteiger partial charge is 0.375 e. The SMILES string of the molecule is Cc1[nH]cnc1CNc1c(F)cc(F)cc1F. The van der Waals surface area contributed by atoms with E-state index in [0.717, 1.165) is 5.69 Å². The molecule has 2 rings (SSSR count). The second-order valence-electron chi connectivity index (χ2n) is 3.57. The zero-order chi connectivity index (χ0) is 12.4. The zero-order valence-corrected chi connectivity index (χ0v) is 9.02. The Morgan fingerprint density at radius 1 is 1.24 bits per heavy atom. The molecule has 1 aromatic heterocycles. The van der Waals surface area contributed by atoms with Crippen LogP contribution in [0.25, 0.3) is 0 Å². The molecular weight excluding hydrogens is 231 g/mol. The van der Waals surface area contributed by atoms with Crippen LogP contribution < -0.4 is 5.32 Å². The highest BCUT2D eigenvalue weighted by Crippen LogP contribution is 2.20. The molecular formula is C11H10F3N3. The van der Waals surface area contributed by atoms with Gasteiger partial charge >= 0.3 is 0 Å². The van der Waals surface area contributed by atoms with Crippen LogP contribution in [-0.4, -0.2) is 9.97 Å². The topological polar surface area (TPSA) is 40.7 Å². The third-order valence-electron chi connectivity index (χ3n) is 2.37. The second kappa shape index (κ2) is 4.48. The molecule has 0 aliphatic carbocycles. The van der Waals surface area contributed by atoms with Crippen molar-refractivity contribution in [3.63, 3.8) is 0 Å². The number of aryl methyl sites for hydroxylation is 1. The number of H-pyrrole nitrogens is 1. The van der Waals surface area contributed by atoms with E-state index >= 15 is 0 Å². The average Bonchev–Trinajstić information content (AvgIpc) is 2.62. The Morgan fingerprint density at radius 3 is 2.41 bits per heavy atom. The fourth-order valence-electron chi connectivity index (χ4n) is 1.45. The lowest BCUT2D eigenvalue weighted by atomic mass is 10.2. The van der Waals surface area contributed by atoms with E-state index in [4.69, 9.17) is 0 Å². The number of hydrogen-bond donors (Lipinski definition) is 2. The first-order chi connectivity index (χ1) is 8.08. The quantitative estimate of drug-likeness (QED) is 0.867. The molecule has 0 aliphatic rings. The number of rotatable bonds is 3. The van der Waals surface area contributed by atoms with Crippen LogP contribution in [0.3, 0.4) is 0 Å². The van der Waals surface area contributed by atoms with Crippen LogP contribution in [0.2, 0.25) is 0 Å². The van der Waals surface area contributed by atoms with E-state index in [1.807, 2.05) is 0 Å². The first-order valence-corrected chi connectivity index (χ1v) is 4.95. The maximum absolute atomic E-state index is 13.3. The van der Waals surface area contributed by atoms with E-state index in [9.17, 15) is 13.2 Å². The van der Waals surface area contributed by atoms with E-state index < -0.39 is 17.5 Å². The van der Waals surface area contributed by atoms with Crippen molar-refractivity contribution in [2.45, 2.75) is 13.5 Å². The van der Waals surface area contributed by atoms with Gasteiger partial charge in [0.2, 0.25) is 0 Å². The van der Waals surface area contributed by atoms with Gasteiger partial charge in [0.1, 0.15) is 11.5 Å². The highest BCUT2D eigenvalue weighted by Gasteiger charge is 2.11. The molecule has 17 heavy (non-hydrogen) atoms. The van der Waals surface area contributed by atoms with Gasteiger partial charge in [0.15, 0.2) is 11.6 Å². The summed E-state index contributed by atoms with van der Waals surface area (Å²) < 4.78 is 39.2. The minimum atomic E-state index is -0.962. The third-order valence-corrected chi connectivity index (χ3v) is 2.37. The summed E-state index contributed by atoms with van der Waals surface area (Å²) >= 11 is 0. The maximum atomic E-state index is 13.3. The molecule has 0 spiro atoms. The lowest BCUT2D eigenvalue weighted by molar-refractivity contribution is 0.547. The predicted molar refractivity (Wildman–Crippen MR) is 57.0 cm³/mol. The van der Waals surface area contributed by atoms with Crippen LogP contribution in [0.15, 0.2) is 18.5 Å². The van der Waals surface area contributed by atoms with Gasteiger partial charge in [-0.25, -0.2) is 18.2 Å². The summed E-state index contributed by atoms with van der Waals surface area (Å²) in [4.78, 5) is 6.82. The van der Waals surface area contributed by atoms with Crippen molar-refractivity contribution >= 4 is 5.69 Å². The molecule has 0 aliphatic heterocycles. The Bertz CT molecular complexity index is 514. The van der Waals surface area contributed by atoms with Gasteiger partial charge in [0, 0.05) is 17.8 Å². The van der Waals surface area contributed by atoms with E-state index in [1.165, 1.54) is 6.33 Å². The lowest BCUT2D eigenvalue weighted by Crippen LogP contribution is -2.05. The van der Waals surface area contributed by atoms with Crippen LogP contribution in [0.1, 0.15) is 11.4 Å². The normalized spacial score (nSPS) is 10.6. The number of anilines is 1. The molecule has 3 nitrogen and oxygen atoms in total. The fraction of sp³-hybridized carbons (Fsp3) is 0.182. The molecule has 0 unspecified atom stereocenters. The summed E-state index contributed by atoms with van der Waals surface area (Å²) in [6, 6.07) is 1.26. The molecule has 2 N–H and O–H groups in total. The predicted octanol–water partition coefficient (Wildman–Crippen LogP) is 2.75. The number of aromatic amines is 1. The van der Waals surface area contributed by atoms with Crippen molar-refractivity contribution in [2.24, 2.45) is 0 Å². The van der Waals surface area contributed by atoms with Crippen molar-refractivity contribution in [1.82, 2.24) is 9.97 Å². The van der Waals surface area contributed by atoms with Crippen LogP contribution in [0, 0.1) is 24.4 Å². The van der Waals surface area contributed by atoms with Crippen molar-refractivity contribution in [3.05, 3.63) is 47.3 Å². The summed E-state index contributed by atoms with van der Waals surface area (Å²) in [7, 11) is 0. The summed E-state index contributed by atoms with van der Waals surface area (Å²) in [5.74, 6) is -2.87. The molecule has 0 radical (unpaired) electrons. The number of halogens is 3. The minimum Gasteiger partial charge on any atom is -0.375 e. The van der Waals surface area contributed by atoms with Crippen LogP contribution in [0.5, 0.6) is 0 Å². The Balaban J connectivity index is 2.17. The third kappa shape index (κ3) is 2.41. The molecule has 0 saturated carbocycles. The van der Waals surface area contributed by atoms with Crippen molar-refractivity contribution < 1.29 is 13.2 Å². The Hall–Kier alpha value is -1.98. The first kappa shape index (κ1) is 11.5. The summed E-state index contributed by atoms with van der Waals surface area (Å²) in [6.45, 7) is 1.95. The monoisotopic (exact) mass is 241 g/mol. The molecule has 1 aromatic carbocycles. The minimum absolute atomic E-state index is 0.162. The molecule has 0 amide bonds. The van der Waals surface area contributed by atoms with Gasteiger partial charge in [-0.3, -0.25) is 0 Å². The zero-order valence-electron chi connectivity index (χ0n) is 9.02. The van der Waals surface area contributed by atoms with Gasteiger partial charge < -0.3 is 10.3 Å². The van der Waals surface area contributed by atoms with Gasteiger partial charge in [-0.05, 0) is 6.92 Å². The smallest absolute Gasteiger partial charge is 0.152 e. The molecule has 0 saturated heterocycles. The van der Waals surface area contributed by atoms with Gasteiger partial charge in [-0.2, -0.15) is 0 Å². The Kier molecular flexibility index (Phi) is 3.03. The van der Waals surface area contributed by atoms with E-state index in [0.29, 0.717) is 17.8 Å². The van der Waals surface area contributed by atoms with Crippen LogP contribution in [-0.2, 0) is 6.54 Å². The number of hydrogen-bond acceptors (Lipinski definition) is 2. The summed E-state index contributed by atoms with van der Waals surface area (Å²) in [5.41, 5.74) is 1.10. The molecule has 1 heterocycles. The maximum Gasteiger partial charge on any atom is 0.152 e. The van der Waals surface area contributed by atoms with E-state index in [2.05, 4.69) is 15.3 Å². The number of nitrogens with zero attached hydrogens (tertiary/aromatic N) is 1. The number of benzene rings is 1. The van der Waals surface area contributed by atoms with Gasteiger partial charge in [0.25, 0.3) is 0 Å². The molecule has 0 atom stereocenters. The Labute approximate surface area is 95.7 Å². The van der Waals surface area contributed by atoms with Gasteiger partial charge in [0.05, 0.1) is 18.6 Å². The summed E-state index contributed by atoms with van der Waals surface area (Å²) in [6.07, 6.45) is 1.49. The number of aromatic nitrogens is 2. The first-order valence-electron chi connectivity index (χ1n) is 4.95. The van der Waals surface area contributed by atoms with Crippen LogP contribution >= 0.6 is 0 Å². The fourth-order valence-corrected chi connectivity index (χ4v) is 1.45. The second-order valence-corrected chi connectivity index (χ2v) is 3.57. The van der Waals surface area contributed by atoms with Crippen molar-refractivity contribution in [1.29, 1.82) is 0 Å². The summed E-state index contributed by atoms with van der Waals surface area (Å²) in [5, 5.41) is 2.55. The standard InChI is InChI=1S/C11H10F3N3/c1-6-10(17-5-16-6)4-15-11-8(13)2-7(12)3-9(11)14/h2-3,5,15H,4H2,1H3,(H,16,17). The van der Waals surface area contributed by atoms with Crippen molar-refractivity contribution in [2.75, 3.05) is 5.32 Å².